The fourth-order valence-corrected chi connectivity index (χ4v) is 7.12. The van der Waals surface area contributed by atoms with Gasteiger partial charge < -0.3 is 0 Å². The van der Waals surface area contributed by atoms with Gasteiger partial charge in [-0.3, -0.25) is 9.97 Å². The second-order valence-electron chi connectivity index (χ2n) is 13.0. The van der Waals surface area contributed by atoms with Crippen molar-refractivity contribution in [3.05, 3.63) is 176 Å². The summed E-state index contributed by atoms with van der Waals surface area (Å²) in [5.41, 5.74) is 6.38. The zero-order chi connectivity index (χ0) is 34.4. The molecule has 0 fully saturated rings. The van der Waals surface area contributed by atoms with Crippen LogP contribution in [0.1, 0.15) is 0 Å². The maximum absolute atomic E-state index is 5.24. The van der Waals surface area contributed by atoms with E-state index in [-0.39, 0.29) is 0 Å². The highest BCUT2D eigenvalue weighted by Crippen LogP contribution is 2.36. The Labute approximate surface area is 300 Å². The molecule has 0 aliphatic rings. The molecule has 0 aliphatic carbocycles. The van der Waals surface area contributed by atoms with E-state index in [2.05, 4.69) is 152 Å². The summed E-state index contributed by atoms with van der Waals surface area (Å²) in [7, 11) is 0. The lowest BCUT2D eigenvalue weighted by atomic mass is 9.98. The Morgan fingerprint density at radius 3 is 1.17 bits per heavy atom. The van der Waals surface area contributed by atoms with Crippen molar-refractivity contribution in [3.63, 3.8) is 0 Å². The molecule has 0 atom stereocenters. The first kappa shape index (κ1) is 29.8. The fraction of sp³-hybridized carbons (Fsp3) is 0. The molecule has 3 aromatic heterocycles. The van der Waals surface area contributed by atoms with Gasteiger partial charge >= 0.3 is 0 Å². The molecule has 0 bridgehead atoms. The van der Waals surface area contributed by atoms with Crippen LogP contribution in [0.3, 0.4) is 0 Å². The minimum absolute atomic E-state index is 0.575. The fourth-order valence-electron chi connectivity index (χ4n) is 7.12. The van der Waals surface area contributed by atoms with Crippen LogP contribution < -0.4 is 0 Å². The molecule has 52 heavy (non-hydrogen) atoms. The van der Waals surface area contributed by atoms with Gasteiger partial charge in [0.05, 0.1) is 11.4 Å². The predicted molar refractivity (Wildman–Crippen MR) is 213 cm³/mol. The normalized spacial score (nSPS) is 11.5. The standard InChI is InChI=1S/C47H29N5/c1-3-15-34-28-48-43(26-32(34)13-1)36-23-37(44-27-33-14-2-4-16-35(33)29-49-44)25-38(24-36)45-50-46(41-21-9-17-30-11-5-7-19-39(30)41)52-47(51-45)42-22-10-18-31-12-6-8-20-40(31)42/h1-29H. The maximum Gasteiger partial charge on any atom is 0.164 e. The lowest BCUT2D eigenvalue weighted by Gasteiger charge is -2.14. The molecule has 0 saturated carbocycles. The third-order valence-corrected chi connectivity index (χ3v) is 9.74. The largest absolute Gasteiger partial charge is 0.256 e. The summed E-state index contributed by atoms with van der Waals surface area (Å²) >= 11 is 0. The average molecular weight is 664 g/mol. The molecule has 5 nitrogen and oxygen atoms in total. The highest BCUT2D eigenvalue weighted by molar-refractivity contribution is 5.98. The minimum atomic E-state index is 0.575. The third kappa shape index (κ3) is 5.32. The average Bonchev–Trinajstić information content (AvgIpc) is 3.22. The van der Waals surface area contributed by atoms with Crippen molar-refractivity contribution in [2.24, 2.45) is 0 Å². The smallest absolute Gasteiger partial charge is 0.164 e. The highest BCUT2D eigenvalue weighted by Gasteiger charge is 2.18. The number of hydrogen-bond donors (Lipinski definition) is 0. The number of hydrogen-bond acceptors (Lipinski definition) is 5. The Bertz CT molecular complexity index is 2780. The molecule has 3 heterocycles. The van der Waals surface area contributed by atoms with Gasteiger partial charge in [0, 0.05) is 51.0 Å². The molecule has 7 aromatic carbocycles. The van der Waals surface area contributed by atoms with Crippen LogP contribution in [0.15, 0.2) is 176 Å². The van der Waals surface area contributed by atoms with Crippen molar-refractivity contribution >= 4 is 43.1 Å². The van der Waals surface area contributed by atoms with Crippen LogP contribution in [-0.4, -0.2) is 24.9 Å². The molecule has 0 N–H and O–H groups in total. The monoisotopic (exact) mass is 663 g/mol. The van der Waals surface area contributed by atoms with E-state index in [9.17, 15) is 0 Å². The van der Waals surface area contributed by atoms with Crippen LogP contribution in [0.5, 0.6) is 0 Å². The molecule has 0 spiro atoms. The minimum Gasteiger partial charge on any atom is -0.256 e. The first-order valence-electron chi connectivity index (χ1n) is 17.3. The number of fused-ring (bicyclic) bond motifs is 4. The van der Waals surface area contributed by atoms with Gasteiger partial charge in [0.25, 0.3) is 0 Å². The van der Waals surface area contributed by atoms with Gasteiger partial charge in [-0.05, 0) is 62.6 Å². The maximum atomic E-state index is 5.24. The number of aromatic nitrogens is 5. The molecule has 0 saturated heterocycles. The Balaban J connectivity index is 1.24. The first-order valence-corrected chi connectivity index (χ1v) is 17.3. The zero-order valence-corrected chi connectivity index (χ0v) is 28.0. The first-order chi connectivity index (χ1) is 25.7. The van der Waals surface area contributed by atoms with Gasteiger partial charge in [-0.25, -0.2) is 15.0 Å². The third-order valence-electron chi connectivity index (χ3n) is 9.74. The Hall–Kier alpha value is -7.11. The number of pyridine rings is 2. The van der Waals surface area contributed by atoms with E-state index in [1.807, 2.05) is 24.5 Å². The SMILES string of the molecule is c1ccc2cc(-c3cc(-c4cc5ccccc5cn4)cc(-c4nc(-c5cccc6ccccc56)nc(-c5cccc6ccccc56)n4)c3)ncc2c1. The number of rotatable bonds is 5. The van der Waals surface area contributed by atoms with Gasteiger partial charge in [-0.1, -0.05) is 133 Å². The van der Waals surface area contributed by atoms with Crippen LogP contribution in [-0.2, 0) is 0 Å². The summed E-state index contributed by atoms with van der Waals surface area (Å²) < 4.78 is 0. The van der Waals surface area contributed by atoms with E-state index in [1.54, 1.807) is 0 Å². The summed E-state index contributed by atoms with van der Waals surface area (Å²) in [4.78, 5) is 25.5. The van der Waals surface area contributed by atoms with E-state index in [4.69, 9.17) is 24.9 Å². The summed E-state index contributed by atoms with van der Waals surface area (Å²) in [6.45, 7) is 0. The Morgan fingerprint density at radius 2 is 0.673 bits per heavy atom. The number of benzene rings is 7. The van der Waals surface area contributed by atoms with Gasteiger partial charge in [-0.2, -0.15) is 0 Å². The van der Waals surface area contributed by atoms with Crippen molar-refractivity contribution in [1.82, 2.24) is 24.9 Å². The molecule has 0 aliphatic heterocycles. The topological polar surface area (TPSA) is 64.5 Å². The van der Waals surface area contributed by atoms with E-state index in [0.717, 1.165) is 82.3 Å². The second-order valence-corrected chi connectivity index (χ2v) is 13.0. The second kappa shape index (κ2) is 12.3. The van der Waals surface area contributed by atoms with Crippen molar-refractivity contribution in [2.75, 3.05) is 0 Å². The van der Waals surface area contributed by atoms with E-state index >= 15 is 0 Å². The Morgan fingerprint density at radius 1 is 0.288 bits per heavy atom. The Kier molecular flexibility index (Phi) is 7.07. The summed E-state index contributed by atoms with van der Waals surface area (Å²) in [5, 5.41) is 8.86. The predicted octanol–water partition coefficient (Wildman–Crippen LogP) is 11.6. The molecular weight excluding hydrogens is 635 g/mol. The number of nitrogens with zero attached hydrogens (tertiary/aromatic N) is 5. The van der Waals surface area contributed by atoms with Crippen molar-refractivity contribution in [2.45, 2.75) is 0 Å². The van der Waals surface area contributed by atoms with Gasteiger partial charge in [0.1, 0.15) is 0 Å². The molecule has 0 amide bonds. The van der Waals surface area contributed by atoms with E-state index in [1.165, 1.54) is 0 Å². The quantitative estimate of drug-likeness (QED) is 0.183. The molecular formula is C47H29N5. The van der Waals surface area contributed by atoms with Crippen molar-refractivity contribution < 1.29 is 0 Å². The molecule has 0 radical (unpaired) electrons. The zero-order valence-electron chi connectivity index (χ0n) is 28.0. The van der Waals surface area contributed by atoms with Crippen LogP contribution in [0.25, 0.3) is 99.8 Å². The molecule has 10 rings (SSSR count). The highest BCUT2D eigenvalue weighted by atomic mass is 15.0. The van der Waals surface area contributed by atoms with Crippen molar-refractivity contribution in [1.29, 1.82) is 0 Å². The molecule has 242 valence electrons. The van der Waals surface area contributed by atoms with E-state index < -0.39 is 0 Å². The van der Waals surface area contributed by atoms with Gasteiger partial charge in [0.2, 0.25) is 0 Å². The lowest BCUT2D eigenvalue weighted by Crippen LogP contribution is -2.01. The van der Waals surface area contributed by atoms with Crippen molar-refractivity contribution in [3.8, 4) is 56.7 Å². The van der Waals surface area contributed by atoms with Crippen LogP contribution in [0.2, 0.25) is 0 Å². The van der Waals surface area contributed by atoms with Crippen LogP contribution in [0.4, 0.5) is 0 Å². The molecule has 10 aromatic rings. The molecule has 5 heteroatoms. The van der Waals surface area contributed by atoms with E-state index in [0.29, 0.717) is 17.5 Å². The summed E-state index contributed by atoms with van der Waals surface area (Å²) in [6, 6.07) is 56.6. The van der Waals surface area contributed by atoms with Crippen LogP contribution >= 0.6 is 0 Å². The lowest BCUT2D eigenvalue weighted by molar-refractivity contribution is 1.08. The van der Waals surface area contributed by atoms with Crippen LogP contribution in [0, 0.1) is 0 Å². The summed E-state index contributed by atoms with van der Waals surface area (Å²) in [6.07, 6.45) is 3.87. The van der Waals surface area contributed by atoms with Gasteiger partial charge in [-0.15, -0.1) is 0 Å². The molecule has 0 unspecified atom stereocenters. The summed E-state index contributed by atoms with van der Waals surface area (Å²) in [5.74, 6) is 1.80. The van der Waals surface area contributed by atoms with Gasteiger partial charge in [0.15, 0.2) is 17.5 Å².